The zero-order chi connectivity index (χ0) is 13.6. The van der Waals surface area contributed by atoms with E-state index in [1.54, 1.807) is 0 Å². The van der Waals surface area contributed by atoms with E-state index in [4.69, 9.17) is 0 Å². The summed E-state index contributed by atoms with van der Waals surface area (Å²) in [4.78, 5) is 8.30. The van der Waals surface area contributed by atoms with Gasteiger partial charge in [0.15, 0.2) is 5.78 Å². The van der Waals surface area contributed by atoms with Crippen LogP contribution in [0.4, 0.5) is 4.39 Å². The molecule has 0 N–H and O–H groups in total. The van der Waals surface area contributed by atoms with Crippen molar-refractivity contribution in [1.82, 2.24) is 19.6 Å². The molecule has 6 heteroatoms. The monoisotopic (exact) mass is 344 g/mol. The number of hydrogen-bond acceptors (Lipinski definition) is 3. The SMILES string of the molecule is Cc1cc(C)c(-c2[c-]n3ncnc3nc2C)c(F)c1.[Y]. The largest absolute Gasteiger partial charge is 0.314 e. The van der Waals surface area contributed by atoms with E-state index in [2.05, 4.69) is 21.3 Å². The summed E-state index contributed by atoms with van der Waals surface area (Å²) in [5.41, 5.74) is 3.58. The maximum absolute atomic E-state index is 14.2. The number of benzene rings is 1. The Hall–Kier alpha value is -1.20. The van der Waals surface area contributed by atoms with Crippen LogP contribution in [0.15, 0.2) is 18.5 Å². The molecular formula is C14H12FN4Y-. The Balaban J connectivity index is 0.00000147. The van der Waals surface area contributed by atoms with Gasteiger partial charge in [0.1, 0.15) is 6.33 Å². The van der Waals surface area contributed by atoms with Gasteiger partial charge in [0.2, 0.25) is 0 Å². The average molecular weight is 344 g/mol. The van der Waals surface area contributed by atoms with Crippen LogP contribution >= 0.6 is 0 Å². The standard InChI is InChI=1S/C14H12FN4.Y/c1-8-4-9(2)13(12(15)5-8)11-6-19-14(16-7-17-19)18-10(11)3;/h4-5,7H,1-3H3;/q-1;. The summed E-state index contributed by atoms with van der Waals surface area (Å²) < 4.78 is 15.6. The van der Waals surface area contributed by atoms with Gasteiger partial charge in [0.25, 0.3) is 0 Å². The first-order valence-corrected chi connectivity index (χ1v) is 5.93. The Morgan fingerprint density at radius 1 is 1.20 bits per heavy atom. The number of aromatic nitrogens is 4. The van der Waals surface area contributed by atoms with Crippen molar-refractivity contribution in [2.24, 2.45) is 0 Å². The van der Waals surface area contributed by atoms with Gasteiger partial charge in [-0.15, -0.1) is 0 Å². The topological polar surface area (TPSA) is 43.1 Å². The van der Waals surface area contributed by atoms with Gasteiger partial charge < -0.3 is 4.98 Å². The third kappa shape index (κ3) is 2.52. The molecule has 0 saturated carbocycles. The van der Waals surface area contributed by atoms with Crippen molar-refractivity contribution in [2.75, 3.05) is 0 Å². The van der Waals surface area contributed by atoms with E-state index in [0.717, 1.165) is 11.1 Å². The van der Waals surface area contributed by atoms with Crippen molar-refractivity contribution < 1.29 is 37.1 Å². The molecule has 0 aliphatic rings. The van der Waals surface area contributed by atoms with Crippen molar-refractivity contribution in [3.8, 4) is 11.1 Å². The number of fused-ring (bicyclic) bond motifs is 1. The molecular weight excluding hydrogens is 332 g/mol. The molecule has 20 heavy (non-hydrogen) atoms. The molecule has 1 radical (unpaired) electrons. The van der Waals surface area contributed by atoms with E-state index in [0.29, 0.717) is 22.6 Å². The van der Waals surface area contributed by atoms with Crippen molar-refractivity contribution >= 4 is 5.78 Å². The molecule has 1 aromatic carbocycles. The Morgan fingerprint density at radius 3 is 2.65 bits per heavy atom. The summed E-state index contributed by atoms with van der Waals surface area (Å²) in [6.45, 7) is 5.57. The molecule has 4 nitrogen and oxygen atoms in total. The summed E-state index contributed by atoms with van der Waals surface area (Å²) in [6, 6.07) is 3.46. The third-order valence-corrected chi connectivity index (χ3v) is 3.06. The van der Waals surface area contributed by atoms with Crippen molar-refractivity contribution in [3.05, 3.63) is 47.3 Å². The Kier molecular flexibility index (Phi) is 4.30. The van der Waals surface area contributed by atoms with Crippen LogP contribution in [0.5, 0.6) is 0 Å². The second kappa shape index (κ2) is 5.66. The van der Waals surface area contributed by atoms with Crippen molar-refractivity contribution in [1.29, 1.82) is 0 Å². The number of rotatable bonds is 1. The fourth-order valence-electron chi connectivity index (χ4n) is 2.25. The van der Waals surface area contributed by atoms with E-state index in [1.165, 1.54) is 16.9 Å². The van der Waals surface area contributed by atoms with Crippen LogP contribution in [-0.2, 0) is 32.7 Å². The predicted molar refractivity (Wildman–Crippen MR) is 69.2 cm³/mol. The molecule has 2 heterocycles. The molecule has 3 aromatic rings. The number of aryl methyl sites for hydroxylation is 3. The molecule has 0 spiro atoms. The molecule has 0 aliphatic carbocycles. The molecule has 0 aliphatic heterocycles. The molecule has 2 aromatic heterocycles. The molecule has 0 atom stereocenters. The first-order chi connectivity index (χ1) is 9.06. The van der Waals surface area contributed by atoms with Gasteiger partial charge >= 0.3 is 0 Å². The van der Waals surface area contributed by atoms with Crippen LogP contribution in [0.1, 0.15) is 16.8 Å². The van der Waals surface area contributed by atoms with E-state index >= 15 is 0 Å². The Morgan fingerprint density at radius 2 is 1.95 bits per heavy atom. The minimum absolute atomic E-state index is 0. The third-order valence-electron chi connectivity index (χ3n) is 3.06. The Labute approximate surface area is 141 Å². The summed E-state index contributed by atoms with van der Waals surface area (Å²) in [5.74, 6) is 0.199. The van der Waals surface area contributed by atoms with Crippen LogP contribution in [0, 0.1) is 32.8 Å². The number of nitrogens with zero attached hydrogens (tertiary/aromatic N) is 4. The zero-order valence-electron chi connectivity index (χ0n) is 11.5. The summed E-state index contributed by atoms with van der Waals surface area (Å²) in [7, 11) is 0. The fraction of sp³-hybridized carbons (Fsp3) is 0.214. The molecule has 0 bridgehead atoms. The van der Waals surface area contributed by atoms with Gasteiger partial charge in [-0.25, -0.2) is 9.37 Å². The molecule has 0 amide bonds. The van der Waals surface area contributed by atoms with E-state index in [-0.39, 0.29) is 38.5 Å². The maximum atomic E-state index is 14.2. The summed E-state index contributed by atoms with van der Waals surface area (Å²) in [6.07, 6.45) is 4.44. The minimum atomic E-state index is -0.266. The zero-order valence-corrected chi connectivity index (χ0v) is 14.3. The normalized spacial score (nSPS) is 10.6. The second-order valence-corrected chi connectivity index (χ2v) is 4.59. The maximum Gasteiger partial charge on any atom is 0.166 e. The molecule has 3 rings (SSSR count). The van der Waals surface area contributed by atoms with Gasteiger partial charge in [0, 0.05) is 32.7 Å². The smallest absolute Gasteiger partial charge is 0.166 e. The number of halogens is 1. The van der Waals surface area contributed by atoms with Gasteiger partial charge in [-0.1, -0.05) is 29.7 Å². The average Bonchev–Trinajstić information content (AvgIpc) is 2.74. The minimum Gasteiger partial charge on any atom is -0.314 e. The molecule has 99 valence electrons. The first-order valence-electron chi connectivity index (χ1n) is 5.93. The van der Waals surface area contributed by atoms with Gasteiger partial charge in [-0.2, -0.15) is 5.10 Å². The van der Waals surface area contributed by atoms with Crippen molar-refractivity contribution in [3.63, 3.8) is 0 Å². The van der Waals surface area contributed by atoms with E-state index in [9.17, 15) is 4.39 Å². The van der Waals surface area contributed by atoms with Gasteiger partial charge in [0.05, 0.1) is 5.82 Å². The van der Waals surface area contributed by atoms with Crippen LogP contribution in [-0.4, -0.2) is 19.6 Å². The van der Waals surface area contributed by atoms with Crippen LogP contribution in [0.25, 0.3) is 16.9 Å². The molecule has 0 unspecified atom stereocenters. The van der Waals surface area contributed by atoms with Crippen LogP contribution in [0.3, 0.4) is 0 Å². The summed E-state index contributed by atoms with van der Waals surface area (Å²) >= 11 is 0. The Bertz CT molecular complexity index is 759. The van der Waals surface area contributed by atoms with E-state index in [1.807, 2.05) is 26.8 Å². The van der Waals surface area contributed by atoms with Gasteiger partial charge in [-0.3, -0.25) is 4.52 Å². The predicted octanol–water partition coefficient (Wildman–Crippen LogP) is 2.65. The first kappa shape index (κ1) is 15.2. The fourth-order valence-corrected chi connectivity index (χ4v) is 2.25. The van der Waals surface area contributed by atoms with Gasteiger partial charge in [-0.05, 0) is 37.4 Å². The second-order valence-electron chi connectivity index (χ2n) is 4.59. The van der Waals surface area contributed by atoms with Crippen LogP contribution in [0.2, 0.25) is 0 Å². The van der Waals surface area contributed by atoms with Crippen LogP contribution < -0.4 is 0 Å². The van der Waals surface area contributed by atoms with Crippen molar-refractivity contribution in [2.45, 2.75) is 20.8 Å². The quantitative estimate of drug-likeness (QED) is 0.638. The molecule has 0 fully saturated rings. The number of hydrogen-bond donors (Lipinski definition) is 0. The van der Waals surface area contributed by atoms with E-state index < -0.39 is 0 Å². The molecule has 0 saturated heterocycles. The summed E-state index contributed by atoms with van der Waals surface area (Å²) in [5, 5.41) is 3.99.